The molecule has 0 nitrogen and oxygen atoms in total. The largest absolute Gasteiger partial charge is 0.358 e. The maximum Gasteiger partial charge on any atom is 0 e. The Morgan fingerprint density at radius 1 is 0.857 bits per heavy atom. The van der Waals surface area contributed by atoms with Crippen LogP contribution in [-0.4, -0.2) is 7.85 Å². The van der Waals surface area contributed by atoms with Crippen molar-refractivity contribution < 1.29 is 32.7 Å². The van der Waals surface area contributed by atoms with Gasteiger partial charge in [-0.15, -0.1) is 0 Å². The van der Waals surface area contributed by atoms with Crippen LogP contribution < -0.4 is 0 Å². The Balaban J connectivity index is -0.000000000500. The number of rotatable bonds is 0. The predicted molar refractivity (Wildman–Crippen MR) is 41.8 cm³/mol. The summed E-state index contributed by atoms with van der Waals surface area (Å²) in [6.45, 7) is 2.25. The Labute approximate surface area is 76.8 Å². The van der Waals surface area contributed by atoms with Crippen LogP contribution in [0.15, 0.2) is 0 Å². The normalized spacial score (nSPS) is 0.857. The SMILES string of the molecule is C.[BH3-]C.[CH3-].[CH3-].[CH3-].[Y]. The molecule has 0 aromatic rings. The van der Waals surface area contributed by atoms with Crippen LogP contribution >= 0.6 is 0 Å². The first kappa shape index (κ1) is 89.2. The molecule has 0 saturated heterocycles. The zero-order valence-corrected chi connectivity index (χ0v) is 7.42. The van der Waals surface area contributed by atoms with E-state index in [2.05, 4.69) is 6.82 Å². The maximum absolute atomic E-state index is 2.25. The van der Waals surface area contributed by atoms with Crippen LogP contribution in [0.2, 0.25) is 6.82 Å². The van der Waals surface area contributed by atoms with Crippen molar-refractivity contribution in [3.05, 3.63) is 22.3 Å². The van der Waals surface area contributed by atoms with E-state index in [-0.39, 0.29) is 62.4 Å². The molecule has 0 aliphatic carbocycles. The minimum atomic E-state index is 0. The molecule has 0 aromatic heterocycles. The first-order valence-electron chi connectivity index (χ1n) is 0. The molecule has 0 amide bonds. The van der Waals surface area contributed by atoms with E-state index in [1.165, 1.54) is 0 Å². The van der Waals surface area contributed by atoms with Crippen molar-refractivity contribution in [1.29, 1.82) is 0 Å². The summed E-state index contributed by atoms with van der Waals surface area (Å²) in [4.78, 5) is 0. The third-order valence-electron chi connectivity index (χ3n) is 0. The molecular weight excluding hydrogens is 160 g/mol. The van der Waals surface area contributed by atoms with Crippen molar-refractivity contribution in [2.75, 3.05) is 0 Å². The zero-order valence-electron chi connectivity index (χ0n) is 4.58. The van der Waals surface area contributed by atoms with Gasteiger partial charge in [0.2, 0.25) is 0 Å². The topological polar surface area (TPSA) is 0 Å². The molecule has 0 N–H and O–H groups in total. The van der Waals surface area contributed by atoms with Crippen molar-refractivity contribution in [2.45, 2.75) is 14.2 Å². The first-order chi connectivity index (χ1) is 1.00. The summed E-state index contributed by atoms with van der Waals surface area (Å²) in [5, 5.41) is 0. The van der Waals surface area contributed by atoms with Crippen LogP contribution in [0.5, 0.6) is 0 Å². The van der Waals surface area contributed by atoms with E-state index in [1.54, 1.807) is 0 Å². The molecule has 7 heavy (non-hydrogen) atoms. The molecule has 0 unspecified atom stereocenters. The van der Waals surface area contributed by atoms with Crippen molar-refractivity contribution >= 4 is 7.85 Å². The van der Waals surface area contributed by atoms with Gasteiger partial charge in [0.25, 0.3) is 0 Å². The second-order valence-electron chi connectivity index (χ2n) is 0. The molecular formula is C5H19BY-4. The van der Waals surface area contributed by atoms with Gasteiger partial charge >= 0.3 is 0 Å². The smallest absolute Gasteiger partial charge is 0 e. The molecule has 0 fully saturated rings. The third kappa shape index (κ3) is 140. The Morgan fingerprint density at radius 2 is 0.857 bits per heavy atom. The maximum atomic E-state index is 2.25. The van der Waals surface area contributed by atoms with E-state index in [4.69, 9.17) is 0 Å². The Bertz CT molecular complexity index is 8.04. The predicted octanol–water partition coefficient (Wildman–Crippen LogP) is 1.38. The summed E-state index contributed by atoms with van der Waals surface area (Å²) in [6, 6.07) is 0. The molecule has 0 aromatic carbocycles. The second-order valence-corrected chi connectivity index (χ2v) is 0. The Kier molecular flexibility index (Phi) is 2550. The van der Waals surface area contributed by atoms with E-state index in [0.29, 0.717) is 0 Å². The molecule has 0 atom stereocenters. The molecule has 0 saturated carbocycles. The van der Waals surface area contributed by atoms with Gasteiger partial charge in [0.1, 0.15) is 0 Å². The first-order valence-corrected chi connectivity index (χ1v) is 0. The second kappa shape index (κ2) is 200. The van der Waals surface area contributed by atoms with Gasteiger partial charge in [0, 0.05) is 32.7 Å². The van der Waals surface area contributed by atoms with E-state index in [9.17, 15) is 0 Å². The Hall–Kier alpha value is 1.17. The van der Waals surface area contributed by atoms with Crippen LogP contribution in [0.4, 0.5) is 0 Å². The van der Waals surface area contributed by atoms with E-state index in [0.717, 1.165) is 7.85 Å². The van der Waals surface area contributed by atoms with Crippen LogP contribution in [0.1, 0.15) is 7.43 Å². The Morgan fingerprint density at radius 3 is 0.857 bits per heavy atom. The molecule has 0 bridgehead atoms. The quantitative estimate of drug-likeness (QED) is 0.389. The third-order valence-corrected chi connectivity index (χ3v) is 0. The van der Waals surface area contributed by atoms with Gasteiger partial charge in [-0.2, -0.15) is 6.82 Å². The van der Waals surface area contributed by atoms with Crippen molar-refractivity contribution in [3.63, 3.8) is 0 Å². The molecule has 49 valence electrons. The summed E-state index contributed by atoms with van der Waals surface area (Å²) in [5.41, 5.74) is 0. The van der Waals surface area contributed by atoms with Gasteiger partial charge in [0.15, 0.2) is 0 Å². The van der Waals surface area contributed by atoms with Gasteiger partial charge in [-0.05, 0) is 0 Å². The molecule has 0 aliphatic heterocycles. The molecule has 0 heterocycles. The summed E-state index contributed by atoms with van der Waals surface area (Å²) >= 11 is 0. The van der Waals surface area contributed by atoms with Crippen LogP contribution in [0.25, 0.3) is 0 Å². The molecule has 1 radical (unpaired) electrons. The molecule has 2 heteroatoms. The van der Waals surface area contributed by atoms with Crippen LogP contribution in [0.3, 0.4) is 0 Å². The summed E-state index contributed by atoms with van der Waals surface area (Å²) in [6.07, 6.45) is 0. The fourth-order valence-electron chi connectivity index (χ4n) is 0. The fraction of sp³-hybridized carbons (Fsp3) is 0.400. The van der Waals surface area contributed by atoms with Crippen LogP contribution in [0, 0.1) is 22.3 Å². The average Bonchev–Trinajstić information content (AvgIpc) is 1.00. The van der Waals surface area contributed by atoms with Crippen molar-refractivity contribution in [2.24, 2.45) is 0 Å². The summed E-state index contributed by atoms with van der Waals surface area (Å²) in [7, 11) is 0.750. The van der Waals surface area contributed by atoms with Gasteiger partial charge in [-0.25, -0.2) is 0 Å². The van der Waals surface area contributed by atoms with Gasteiger partial charge in [-0.1, -0.05) is 15.3 Å². The molecule has 0 rings (SSSR count). The van der Waals surface area contributed by atoms with Gasteiger partial charge in [0.05, 0.1) is 0 Å². The van der Waals surface area contributed by atoms with Crippen molar-refractivity contribution in [3.8, 4) is 0 Å². The van der Waals surface area contributed by atoms with Crippen molar-refractivity contribution in [1.82, 2.24) is 0 Å². The van der Waals surface area contributed by atoms with Gasteiger partial charge in [-0.3, -0.25) is 0 Å². The average molecular weight is 179 g/mol. The minimum absolute atomic E-state index is 0. The minimum Gasteiger partial charge on any atom is -0.358 e. The number of hydrogen-bond acceptors (Lipinski definition) is 0. The zero-order chi connectivity index (χ0) is 2.00. The van der Waals surface area contributed by atoms with Gasteiger partial charge < -0.3 is 22.3 Å². The summed E-state index contributed by atoms with van der Waals surface area (Å²) < 4.78 is 0. The molecule has 0 spiro atoms. The number of hydrogen-bond donors (Lipinski definition) is 0. The fourth-order valence-corrected chi connectivity index (χ4v) is 0. The monoisotopic (exact) mass is 179 g/mol. The van der Waals surface area contributed by atoms with E-state index in [1.807, 2.05) is 0 Å². The standard InChI is InChI=1S/CH6B.CH4.3CH3.Y/c1-2;;;;;/h1-2H3;1H4;3*1H3;/q-1;;3*-1;. The summed E-state index contributed by atoms with van der Waals surface area (Å²) in [5.74, 6) is 0. The van der Waals surface area contributed by atoms with E-state index < -0.39 is 0 Å². The van der Waals surface area contributed by atoms with Crippen LogP contribution in [-0.2, 0) is 32.7 Å². The van der Waals surface area contributed by atoms with E-state index >= 15 is 0 Å². The molecule has 0 aliphatic rings.